The van der Waals surface area contributed by atoms with Crippen LogP contribution in [0.2, 0.25) is 0 Å². The van der Waals surface area contributed by atoms with Gasteiger partial charge in [-0.2, -0.15) is 0 Å². The largest absolute Gasteiger partial charge is 0.340 e. The van der Waals surface area contributed by atoms with Crippen LogP contribution in [0.5, 0.6) is 0 Å². The van der Waals surface area contributed by atoms with E-state index >= 15 is 0 Å². The van der Waals surface area contributed by atoms with Crippen LogP contribution in [0.1, 0.15) is 45.4 Å². The molecule has 3 rings (SSSR count). The molecule has 0 radical (unpaired) electrons. The third kappa shape index (κ3) is 1.99. The van der Waals surface area contributed by atoms with Crippen molar-refractivity contribution < 1.29 is 4.79 Å². The molecule has 1 saturated heterocycles. The average molecular weight is 236 g/mol. The van der Waals surface area contributed by atoms with E-state index < -0.39 is 0 Å². The summed E-state index contributed by atoms with van der Waals surface area (Å²) in [5, 5.41) is 0. The van der Waals surface area contributed by atoms with Crippen LogP contribution >= 0.6 is 0 Å². The molecule has 4 atom stereocenters. The van der Waals surface area contributed by atoms with Gasteiger partial charge in [0.1, 0.15) is 0 Å². The number of hydrogen-bond acceptors (Lipinski definition) is 2. The van der Waals surface area contributed by atoms with Crippen molar-refractivity contribution in [3.8, 4) is 0 Å². The molecular weight excluding hydrogens is 212 g/mol. The normalized spacial score (nSPS) is 45.3. The van der Waals surface area contributed by atoms with Gasteiger partial charge in [0, 0.05) is 24.5 Å². The molecule has 0 spiro atoms. The summed E-state index contributed by atoms with van der Waals surface area (Å²) in [6.45, 7) is 3.04. The number of likely N-dealkylation sites (tertiary alicyclic amines) is 1. The van der Waals surface area contributed by atoms with Crippen molar-refractivity contribution >= 4 is 5.91 Å². The molecule has 2 saturated carbocycles. The number of carbonyl (C=O) groups is 1. The molecule has 3 heteroatoms. The Kier molecular flexibility index (Phi) is 2.89. The van der Waals surface area contributed by atoms with E-state index in [0.717, 1.165) is 31.2 Å². The summed E-state index contributed by atoms with van der Waals surface area (Å²) in [5.41, 5.74) is 5.96. The molecule has 0 aromatic heterocycles. The number of fused-ring (bicyclic) bond motifs is 1. The fourth-order valence-corrected chi connectivity index (χ4v) is 4.09. The first kappa shape index (κ1) is 11.5. The van der Waals surface area contributed by atoms with E-state index in [-0.39, 0.29) is 0 Å². The third-order valence-corrected chi connectivity index (χ3v) is 5.14. The molecule has 17 heavy (non-hydrogen) atoms. The zero-order valence-electron chi connectivity index (χ0n) is 10.8. The van der Waals surface area contributed by atoms with E-state index in [0.29, 0.717) is 23.9 Å². The van der Waals surface area contributed by atoms with Crippen molar-refractivity contribution in [2.24, 2.45) is 23.5 Å². The maximum Gasteiger partial charge on any atom is 0.226 e. The van der Waals surface area contributed by atoms with Crippen LogP contribution in [-0.4, -0.2) is 29.4 Å². The minimum absolute atomic E-state index is 0.301. The number of hydrogen-bond donors (Lipinski definition) is 1. The molecule has 0 aromatic rings. The van der Waals surface area contributed by atoms with Crippen molar-refractivity contribution in [3.05, 3.63) is 0 Å². The van der Waals surface area contributed by atoms with Gasteiger partial charge in [0.05, 0.1) is 0 Å². The predicted molar refractivity (Wildman–Crippen MR) is 67.3 cm³/mol. The number of amides is 1. The van der Waals surface area contributed by atoms with Crippen molar-refractivity contribution in [1.82, 2.24) is 4.90 Å². The zero-order chi connectivity index (χ0) is 12.0. The maximum atomic E-state index is 12.5. The summed E-state index contributed by atoms with van der Waals surface area (Å²) in [5.74, 6) is 2.30. The summed E-state index contributed by atoms with van der Waals surface area (Å²) < 4.78 is 0. The summed E-state index contributed by atoms with van der Waals surface area (Å²) in [4.78, 5) is 14.6. The molecule has 4 unspecified atom stereocenters. The lowest BCUT2D eigenvalue weighted by Crippen LogP contribution is -2.49. The first-order valence-corrected chi connectivity index (χ1v) is 7.24. The van der Waals surface area contributed by atoms with Crippen LogP contribution in [0, 0.1) is 17.8 Å². The third-order valence-electron chi connectivity index (χ3n) is 5.14. The Labute approximate surface area is 104 Å². The van der Waals surface area contributed by atoms with Crippen LogP contribution in [0.25, 0.3) is 0 Å². The molecule has 2 N–H and O–H groups in total. The number of nitrogens with zero attached hydrogens (tertiary/aromatic N) is 1. The monoisotopic (exact) mass is 236 g/mol. The Hall–Kier alpha value is -0.570. The van der Waals surface area contributed by atoms with Crippen LogP contribution in [0.4, 0.5) is 0 Å². The molecule has 1 amide bonds. The quantitative estimate of drug-likeness (QED) is 0.754. The summed E-state index contributed by atoms with van der Waals surface area (Å²) in [7, 11) is 0. The Morgan fingerprint density at radius 3 is 2.41 bits per heavy atom. The van der Waals surface area contributed by atoms with Gasteiger partial charge in [-0.1, -0.05) is 12.8 Å². The number of nitrogens with two attached hydrogens (primary N) is 1. The average Bonchev–Trinajstić information content (AvgIpc) is 3.02. The van der Waals surface area contributed by atoms with E-state index in [1.807, 2.05) is 0 Å². The van der Waals surface area contributed by atoms with Crippen molar-refractivity contribution in [1.29, 1.82) is 0 Å². The summed E-state index contributed by atoms with van der Waals surface area (Å²) in [6, 6.07) is 0.657. The lowest BCUT2D eigenvalue weighted by atomic mass is 9.98. The lowest BCUT2D eigenvalue weighted by molar-refractivity contribution is -0.136. The maximum absolute atomic E-state index is 12.5. The molecule has 2 aliphatic carbocycles. The highest BCUT2D eigenvalue weighted by Gasteiger charge is 2.56. The van der Waals surface area contributed by atoms with E-state index in [1.165, 1.54) is 25.7 Å². The van der Waals surface area contributed by atoms with E-state index in [2.05, 4.69) is 11.8 Å². The van der Waals surface area contributed by atoms with Gasteiger partial charge < -0.3 is 10.6 Å². The van der Waals surface area contributed by atoms with Crippen LogP contribution < -0.4 is 5.73 Å². The first-order valence-electron chi connectivity index (χ1n) is 7.24. The van der Waals surface area contributed by atoms with Gasteiger partial charge in [0.2, 0.25) is 5.91 Å². The van der Waals surface area contributed by atoms with Gasteiger partial charge in [-0.3, -0.25) is 4.79 Å². The number of rotatable bonds is 1. The van der Waals surface area contributed by atoms with E-state index in [4.69, 9.17) is 5.73 Å². The molecular formula is C14H24N2O. The molecule has 1 aliphatic heterocycles. The first-order chi connectivity index (χ1) is 8.18. The van der Waals surface area contributed by atoms with Crippen LogP contribution in [0.3, 0.4) is 0 Å². The minimum Gasteiger partial charge on any atom is -0.340 e. The lowest BCUT2D eigenvalue weighted by Gasteiger charge is -2.36. The second-order valence-electron chi connectivity index (χ2n) is 6.30. The van der Waals surface area contributed by atoms with E-state index in [9.17, 15) is 4.79 Å². The Morgan fingerprint density at radius 2 is 1.82 bits per heavy atom. The van der Waals surface area contributed by atoms with Crippen molar-refractivity contribution in [2.75, 3.05) is 6.54 Å². The SMILES string of the molecule is CC1CC(N)CCN1C(=O)C1C2CCCCC21. The highest BCUT2D eigenvalue weighted by Crippen LogP contribution is 2.56. The Balaban J connectivity index is 1.63. The topological polar surface area (TPSA) is 46.3 Å². The Morgan fingerprint density at radius 1 is 1.18 bits per heavy atom. The minimum atomic E-state index is 0.301. The molecule has 96 valence electrons. The van der Waals surface area contributed by atoms with Gasteiger partial charge in [-0.25, -0.2) is 0 Å². The van der Waals surface area contributed by atoms with Gasteiger partial charge in [-0.15, -0.1) is 0 Å². The molecule has 0 bridgehead atoms. The number of carbonyl (C=O) groups excluding carboxylic acids is 1. The molecule has 3 aliphatic rings. The van der Waals surface area contributed by atoms with Gasteiger partial charge in [0.25, 0.3) is 0 Å². The van der Waals surface area contributed by atoms with Crippen molar-refractivity contribution in [2.45, 2.75) is 57.5 Å². The number of piperidine rings is 1. The second-order valence-corrected chi connectivity index (χ2v) is 6.30. The summed E-state index contributed by atoms with van der Waals surface area (Å²) >= 11 is 0. The predicted octanol–water partition coefficient (Wildman–Crippen LogP) is 1.76. The molecule has 0 aromatic carbocycles. The molecule has 1 heterocycles. The smallest absolute Gasteiger partial charge is 0.226 e. The fourth-order valence-electron chi connectivity index (χ4n) is 4.09. The molecule has 3 nitrogen and oxygen atoms in total. The van der Waals surface area contributed by atoms with Crippen LogP contribution in [-0.2, 0) is 4.79 Å². The fraction of sp³-hybridized carbons (Fsp3) is 0.929. The van der Waals surface area contributed by atoms with Gasteiger partial charge in [-0.05, 0) is 44.4 Å². The molecule has 3 fully saturated rings. The van der Waals surface area contributed by atoms with E-state index in [1.54, 1.807) is 0 Å². The zero-order valence-corrected chi connectivity index (χ0v) is 10.8. The summed E-state index contributed by atoms with van der Waals surface area (Å²) in [6.07, 6.45) is 7.23. The second kappa shape index (κ2) is 4.27. The Bertz CT molecular complexity index is 305. The standard InChI is InChI=1S/C14H24N2O/c1-9-8-10(15)6-7-16(9)14(17)13-11-4-2-3-5-12(11)13/h9-13H,2-8,15H2,1H3. The highest BCUT2D eigenvalue weighted by molar-refractivity contribution is 5.82. The van der Waals surface area contributed by atoms with Gasteiger partial charge >= 0.3 is 0 Å². The highest BCUT2D eigenvalue weighted by atomic mass is 16.2. The van der Waals surface area contributed by atoms with Crippen molar-refractivity contribution in [3.63, 3.8) is 0 Å². The van der Waals surface area contributed by atoms with Crippen LogP contribution in [0.15, 0.2) is 0 Å². The van der Waals surface area contributed by atoms with Gasteiger partial charge in [0.15, 0.2) is 0 Å².